The van der Waals surface area contributed by atoms with Crippen molar-refractivity contribution < 1.29 is 4.79 Å². The summed E-state index contributed by atoms with van der Waals surface area (Å²) in [6, 6.07) is 4.34. The molecule has 2 rings (SSSR count). The molecule has 0 radical (unpaired) electrons. The largest absolute Gasteiger partial charge is 0.354 e. The van der Waals surface area contributed by atoms with Crippen LogP contribution < -0.4 is 5.32 Å². The fraction of sp³-hybridized carbons (Fsp3) is 0.462. The van der Waals surface area contributed by atoms with E-state index >= 15 is 0 Å². The van der Waals surface area contributed by atoms with E-state index in [1.165, 1.54) is 11.2 Å². The SMILES string of the molecule is CN(C)C(CNC(=O)CCn1cncn1)c1cccs1. The average molecular weight is 293 g/mol. The van der Waals surface area contributed by atoms with Gasteiger partial charge in [-0.25, -0.2) is 4.98 Å². The summed E-state index contributed by atoms with van der Waals surface area (Å²) in [5.41, 5.74) is 0. The minimum absolute atomic E-state index is 0.0314. The maximum Gasteiger partial charge on any atom is 0.221 e. The van der Waals surface area contributed by atoms with Gasteiger partial charge in [0.15, 0.2) is 0 Å². The maximum absolute atomic E-state index is 11.8. The Morgan fingerprint density at radius 3 is 3.00 bits per heavy atom. The Hall–Kier alpha value is -1.73. The summed E-state index contributed by atoms with van der Waals surface area (Å²) < 4.78 is 1.66. The number of carbonyl (C=O) groups is 1. The van der Waals surface area contributed by atoms with E-state index in [9.17, 15) is 4.79 Å². The van der Waals surface area contributed by atoms with Crippen LogP contribution in [0.1, 0.15) is 17.3 Å². The van der Waals surface area contributed by atoms with Crippen LogP contribution in [0.5, 0.6) is 0 Å². The van der Waals surface area contributed by atoms with Crippen molar-refractivity contribution in [3.63, 3.8) is 0 Å². The summed E-state index contributed by atoms with van der Waals surface area (Å²) in [5, 5.41) is 9.00. The normalized spacial score (nSPS) is 12.6. The Morgan fingerprint density at radius 2 is 2.40 bits per heavy atom. The lowest BCUT2D eigenvalue weighted by Crippen LogP contribution is -2.34. The summed E-state index contributed by atoms with van der Waals surface area (Å²) in [6.45, 7) is 1.17. The van der Waals surface area contributed by atoms with Gasteiger partial charge in [-0.2, -0.15) is 5.10 Å². The zero-order chi connectivity index (χ0) is 14.4. The second kappa shape index (κ2) is 7.16. The molecule has 7 heteroatoms. The molecule has 1 N–H and O–H groups in total. The van der Waals surface area contributed by atoms with E-state index in [4.69, 9.17) is 0 Å². The highest BCUT2D eigenvalue weighted by molar-refractivity contribution is 7.10. The molecule has 0 spiro atoms. The lowest BCUT2D eigenvalue weighted by Gasteiger charge is -2.23. The molecule has 0 aliphatic carbocycles. The van der Waals surface area contributed by atoms with Crippen LogP contribution >= 0.6 is 11.3 Å². The van der Waals surface area contributed by atoms with Crippen LogP contribution in [0.25, 0.3) is 0 Å². The van der Waals surface area contributed by atoms with E-state index in [2.05, 4.69) is 31.7 Å². The third-order valence-electron chi connectivity index (χ3n) is 3.02. The summed E-state index contributed by atoms with van der Waals surface area (Å²) >= 11 is 1.71. The Labute approximate surface area is 122 Å². The predicted octanol–water partition coefficient (Wildman–Crippen LogP) is 1.15. The summed E-state index contributed by atoms with van der Waals surface area (Å²) in [7, 11) is 4.04. The van der Waals surface area contributed by atoms with Crippen molar-refractivity contribution in [2.24, 2.45) is 0 Å². The minimum Gasteiger partial charge on any atom is -0.354 e. The zero-order valence-corrected chi connectivity index (χ0v) is 12.5. The van der Waals surface area contributed by atoms with Crippen molar-refractivity contribution in [1.29, 1.82) is 0 Å². The molecule has 0 saturated heterocycles. The number of carbonyl (C=O) groups excluding carboxylic acids is 1. The van der Waals surface area contributed by atoms with Gasteiger partial charge in [-0.1, -0.05) is 6.07 Å². The fourth-order valence-corrected chi connectivity index (χ4v) is 2.80. The van der Waals surface area contributed by atoms with Crippen molar-refractivity contribution in [1.82, 2.24) is 25.0 Å². The number of nitrogens with zero attached hydrogens (tertiary/aromatic N) is 4. The first-order chi connectivity index (χ1) is 9.66. The first kappa shape index (κ1) is 14.7. The summed E-state index contributed by atoms with van der Waals surface area (Å²) in [6.07, 6.45) is 3.49. The molecule has 0 aliphatic heterocycles. The van der Waals surface area contributed by atoms with Crippen LogP contribution in [0.4, 0.5) is 0 Å². The Morgan fingerprint density at radius 1 is 1.55 bits per heavy atom. The highest BCUT2D eigenvalue weighted by Crippen LogP contribution is 2.22. The average Bonchev–Trinajstić information content (AvgIpc) is 3.09. The second-order valence-corrected chi connectivity index (χ2v) is 5.69. The highest BCUT2D eigenvalue weighted by atomic mass is 32.1. The Bertz CT molecular complexity index is 509. The van der Waals surface area contributed by atoms with Gasteiger partial charge in [-0.05, 0) is 25.5 Å². The van der Waals surface area contributed by atoms with Crippen molar-refractivity contribution in [3.8, 4) is 0 Å². The van der Waals surface area contributed by atoms with Crippen molar-refractivity contribution in [2.45, 2.75) is 19.0 Å². The fourth-order valence-electron chi connectivity index (χ4n) is 1.88. The third-order valence-corrected chi connectivity index (χ3v) is 4.00. The molecular weight excluding hydrogens is 274 g/mol. The van der Waals surface area contributed by atoms with Gasteiger partial charge >= 0.3 is 0 Å². The molecule has 20 heavy (non-hydrogen) atoms. The maximum atomic E-state index is 11.8. The van der Waals surface area contributed by atoms with Crippen LogP contribution in [0, 0.1) is 0 Å². The number of hydrogen-bond acceptors (Lipinski definition) is 5. The monoisotopic (exact) mass is 293 g/mol. The summed E-state index contributed by atoms with van der Waals surface area (Å²) in [5.74, 6) is 0.0314. The third kappa shape index (κ3) is 4.14. The second-order valence-electron chi connectivity index (χ2n) is 4.71. The minimum atomic E-state index is 0.0314. The van der Waals surface area contributed by atoms with Gasteiger partial charge in [0.05, 0.1) is 12.6 Å². The number of likely N-dealkylation sites (N-methyl/N-ethyl adjacent to an activating group) is 1. The molecule has 6 nitrogen and oxygen atoms in total. The van der Waals surface area contributed by atoms with Gasteiger partial charge in [-0.15, -0.1) is 11.3 Å². The number of nitrogens with one attached hydrogen (secondary N) is 1. The van der Waals surface area contributed by atoms with Gasteiger partial charge in [0.1, 0.15) is 12.7 Å². The molecular formula is C13H19N5OS. The molecule has 0 saturated carbocycles. The van der Waals surface area contributed by atoms with E-state index in [0.29, 0.717) is 19.5 Å². The Kier molecular flexibility index (Phi) is 5.25. The standard InChI is InChI=1S/C13H19N5OS/c1-17(2)11(12-4-3-7-20-12)8-15-13(19)5-6-18-10-14-9-16-18/h3-4,7,9-11H,5-6,8H2,1-2H3,(H,15,19). The van der Waals surface area contributed by atoms with Crippen LogP contribution in [-0.2, 0) is 11.3 Å². The number of aryl methyl sites for hydroxylation is 1. The van der Waals surface area contributed by atoms with Crippen LogP contribution in [0.3, 0.4) is 0 Å². The smallest absolute Gasteiger partial charge is 0.221 e. The molecule has 0 bridgehead atoms. The summed E-state index contributed by atoms with van der Waals surface area (Å²) in [4.78, 5) is 19.1. The van der Waals surface area contributed by atoms with Crippen molar-refractivity contribution >= 4 is 17.2 Å². The topological polar surface area (TPSA) is 63.1 Å². The van der Waals surface area contributed by atoms with E-state index in [-0.39, 0.29) is 11.9 Å². The van der Waals surface area contributed by atoms with E-state index in [0.717, 1.165) is 0 Å². The number of rotatable bonds is 7. The number of amides is 1. The number of aromatic nitrogens is 3. The first-order valence-corrected chi connectivity index (χ1v) is 7.33. The van der Waals surface area contributed by atoms with Crippen molar-refractivity contribution in [2.75, 3.05) is 20.6 Å². The molecule has 2 aromatic rings. The Balaban J connectivity index is 1.79. The number of hydrogen-bond donors (Lipinski definition) is 1. The zero-order valence-electron chi connectivity index (χ0n) is 11.7. The molecule has 1 amide bonds. The molecule has 108 valence electrons. The quantitative estimate of drug-likeness (QED) is 0.832. The van der Waals surface area contributed by atoms with E-state index < -0.39 is 0 Å². The van der Waals surface area contributed by atoms with Gasteiger partial charge < -0.3 is 10.2 Å². The van der Waals surface area contributed by atoms with Crippen LogP contribution in [0.2, 0.25) is 0 Å². The number of thiophene rings is 1. The molecule has 1 atom stereocenters. The van der Waals surface area contributed by atoms with Crippen molar-refractivity contribution in [3.05, 3.63) is 35.0 Å². The van der Waals surface area contributed by atoms with E-state index in [1.54, 1.807) is 22.3 Å². The molecule has 1 unspecified atom stereocenters. The highest BCUT2D eigenvalue weighted by Gasteiger charge is 2.16. The van der Waals surface area contributed by atoms with E-state index in [1.807, 2.05) is 20.2 Å². The molecule has 0 fully saturated rings. The van der Waals surface area contributed by atoms with Gasteiger partial charge in [-0.3, -0.25) is 9.48 Å². The molecule has 2 aromatic heterocycles. The van der Waals surface area contributed by atoms with Gasteiger partial charge in [0, 0.05) is 17.8 Å². The van der Waals surface area contributed by atoms with Crippen LogP contribution in [0.15, 0.2) is 30.2 Å². The van der Waals surface area contributed by atoms with Gasteiger partial charge in [0.2, 0.25) is 5.91 Å². The lowest BCUT2D eigenvalue weighted by atomic mass is 10.2. The molecule has 0 aliphatic rings. The predicted molar refractivity (Wildman–Crippen MR) is 78.4 cm³/mol. The lowest BCUT2D eigenvalue weighted by molar-refractivity contribution is -0.121. The molecule has 2 heterocycles. The first-order valence-electron chi connectivity index (χ1n) is 6.45. The van der Waals surface area contributed by atoms with Crippen LogP contribution in [-0.4, -0.2) is 46.2 Å². The van der Waals surface area contributed by atoms with Gasteiger partial charge in [0.25, 0.3) is 0 Å². The molecule has 0 aromatic carbocycles.